The minimum Gasteiger partial charge on any atom is -0.478 e. The molecule has 0 atom stereocenters. The predicted octanol–water partition coefficient (Wildman–Crippen LogP) is 3.68. The van der Waals surface area contributed by atoms with Crippen molar-refractivity contribution in [1.29, 1.82) is 0 Å². The molecule has 0 saturated heterocycles. The van der Waals surface area contributed by atoms with Gasteiger partial charge in [0.1, 0.15) is 5.82 Å². The number of esters is 1. The zero-order valence-electron chi connectivity index (χ0n) is 12.2. The first-order chi connectivity index (χ1) is 10.5. The fourth-order valence-electron chi connectivity index (χ4n) is 2.22. The van der Waals surface area contributed by atoms with Crippen molar-refractivity contribution in [3.63, 3.8) is 0 Å². The second-order valence-electron chi connectivity index (χ2n) is 4.74. The summed E-state index contributed by atoms with van der Waals surface area (Å²) < 4.78 is 19.2. The van der Waals surface area contributed by atoms with Crippen LogP contribution in [0.5, 0.6) is 0 Å². The molecule has 114 valence electrons. The highest BCUT2D eigenvalue weighted by Gasteiger charge is 2.22. The van der Waals surface area contributed by atoms with Crippen LogP contribution in [0.4, 0.5) is 4.39 Å². The highest BCUT2D eigenvalue weighted by atomic mass is 19.1. The molecule has 0 aliphatic rings. The first-order valence-corrected chi connectivity index (χ1v) is 6.75. The van der Waals surface area contributed by atoms with E-state index in [0.29, 0.717) is 5.56 Å². The van der Waals surface area contributed by atoms with Gasteiger partial charge in [0.25, 0.3) is 0 Å². The van der Waals surface area contributed by atoms with E-state index in [-0.39, 0.29) is 28.9 Å². The number of carbonyl (C=O) groups excluding carboxylic acids is 1. The summed E-state index contributed by atoms with van der Waals surface area (Å²) in [6.07, 6.45) is 0. The van der Waals surface area contributed by atoms with E-state index in [9.17, 15) is 19.1 Å². The molecule has 2 aromatic rings. The van der Waals surface area contributed by atoms with Crippen LogP contribution in [0.25, 0.3) is 11.1 Å². The molecule has 0 fully saturated rings. The van der Waals surface area contributed by atoms with Crippen LogP contribution >= 0.6 is 0 Å². The molecule has 0 heterocycles. The van der Waals surface area contributed by atoms with Gasteiger partial charge in [-0.1, -0.05) is 18.2 Å². The summed E-state index contributed by atoms with van der Waals surface area (Å²) in [6, 6.07) is 8.62. The number of ether oxygens (including phenoxy) is 1. The van der Waals surface area contributed by atoms with Gasteiger partial charge in [0.15, 0.2) is 0 Å². The number of aromatic carboxylic acids is 1. The Morgan fingerprint density at radius 2 is 1.86 bits per heavy atom. The summed E-state index contributed by atoms with van der Waals surface area (Å²) in [6.45, 7) is 3.51. The topological polar surface area (TPSA) is 63.6 Å². The third-order valence-corrected chi connectivity index (χ3v) is 3.18. The summed E-state index contributed by atoms with van der Waals surface area (Å²) in [5, 5.41) is 9.33. The number of rotatable bonds is 4. The monoisotopic (exact) mass is 302 g/mol. The van der Waals surface area contributed by atoms with Crippen molar-refractivity contribution in [1.82, 2.24) is 0 Å². The Kier molecular flexibility index (Phi) is 4.56. The molecular formula is C17H15FO4. The minimum absolute atomic E-state index is 0.0319. The lowest BCUT2D eigenvalue weighted by Crippen LogP contribution is -2.11. The highest BCUT2D eigenvalue weighted by Crippen LogP contribution is 2.31. The molecule has 0 aliphatic heterocycles. The van der Waals surface area contributed by atoms with Crippen LogP contribution in [0.1, 0.15) is 33.2 Å². The number of benzene rings is 2. The van der Waals surface area contributed by atoms with Gasteiger partial charge in [-0.25, -0.2) is 14.0 Å². The smallest absolute Gasteiger partial charge is 0.338 e. The van der Waals surface area contributed by atoms with Gasteiger partial charge >= 0.3 is 11.9 Å². The van der Waals surface area contributed by atoms with Crippen molar-refractivity contribution in [2.45, 2.75) is 13.8 Å². The predicted molar refractivity (Wildman–Crippen MR) is 79.5 cm³/mol. The fourth-order valence-corrected chi connectivity index (χ4v) is 2.22. The molecule has 0 saturated carbocycles. The lowest BCUT2D eigenvalue weighted by atomic mass is 9.93. The van der Waals surface area contributed by atoms with E-state index in [1.165, 1.54) is 30.3 Å². The minimum atomic E-state index is -1.24. The van der Waals surface area contributed by atoms with Gasteiger partial charge in [-0.15, -0.1) is 0 Å². The maximum absolute atomic E-state index is 14.3. The van der Waals surface area contributed by atoms with Gasteiger partial charge in [-0.2, -0.15) is 0 Å². The molecule has 2 aromatic carbocycles. The van der Waals surface area contributed by atoms with Gasteiger partial charge in [0.05, 0.1) is 17.7 Å². The SMILES string of the molecule is CCOC(=O)c1cccc(C(=O)O)c1-c1ccc(C)cc1F. The van der Waals surface area contributed by atoms with E-state index < -0.39 is 17.8 Å². The number of hydrogen-bond acceptors (Lipinski definition) is 3. The number of carboxylic acid groups (broad SMARTS) is 1. The van der Waals surface area contributed by atoms with E-state index in [0.717, 1.165) is 0 Å². The fraction of sp³-hybridized carbons (Fsp3) is 0.176. The van der Waals surface area contributed by atoms with E-state index in [4.69, 9.17) is 4.74 Å². The molecular weight excluding hydrogens is 287 g/mol. The Hall–Kier alpha value is -2.69. The molecule has 2 rings (SSSR count). The lowest BCUT2D eigenvalue weighted by Gasteiger charge is -2.13. The Labute approximate surface area is 127 Å². The van der Waals surface area contributed by atoms with E-state index >= 15 is 0 Å². The third kappa shape index (κ3) is 2.98. The van der Waals surface area contributed by atoms with Crippen LogP contribution in [-0.4, -0.2) is 23.7 Å². The number of carbonyl (C=O) groups is 2. The maximum atomic E-state index is 14.3. The first-order valence-electron chi connectivity index (χ1n) is 6.75. The van der Waals surface area contributed by atoms with Crippen molar-refractivity contribution in [3.05, 3.63) is 58.9 Å². The molecule has 4 nitrogen and oxygen atoms in total. The van der Waals surface area contributed by atoms with Crippen LogP contribution in [0, 0.1) is 12.7 Å². The summed E-state index contributed by atoms with van der Waals surface area (Å²) in [5.74, 6) is -2.50. The zero-order valence-corrected chi connectivity index (χ0v) is 12.2. The molecule has 0 amide bonds. The molecule has 0 aromatic heterocycles. The van der Waals surface area contributed by atoms with Crippen molar-refractivity contribution < 1.29 is 23.8 Å². The van der Waals surface area contributed by atoms with Gasteiger partial charge in [-0.05, 0) is 37.6 Å². The van der Waals surface area contributed by atoms with Crippen LogP contribution in [0.2, 0.25) is 0 Å². The van der Waals surface area contributed by atoms with Crippen LogP contribution in [0.15, 0.2) is 36.4 Å². The molecule has 0 spiro atoms. The number of carboxylic acids is 1. The third-order valence-electron chi connectivity index (χ3n) is 3.18. The van der Waals surface area contributed by atoms with Crippen molar-refractivity contribution in [3.8, 4) is 11.1 Å². The van der Waals surface area contributed by atoms with Gasteiger partial charge in [0.2, 0.25) is 0 Å². The Morgan fingerprint density at radius 3 is 2.45 bits per heavy atom. The Bertz CT molecular complexity index is 737. The number of aryl methyl sites for hydroxylation is 1. The summed E-state index contributed by atoms with van der Waals surface area (Å²) in [5.41, 5.74) is 0.683. The molecule has 0 bridgehead atoms. The zero-order chi connectivity index (χ0) is 16.3. The highest BCUT2D eigenvalue weighted by molar-refractivity contribution is 6.05. The molecule has 0 unspecified atom stereocenters. The lowest BCUT2D eigenvalue weighted by molar-refractivity contribution is 0.0527. The molecule has 0 aliphatic carbocycles. The Balaban J connectivity index is 2.75. The van der Waals surface area contributed by atoms with Gasteiger partial charge in [0, 0.05) is 11.1 Å². The quantitative estimate of drug-likeness (QED) is 0.875. The van der Waals surface area contributed by atoms with Gasteiger partial charge in [-0.3, -0.25) is 0 Å². The average Bonchev–Trinajstić information content (AvgIpc) is 2.47. The van der Waals surface area contributed by atoms with Crippen molar-refractivity contribution >= 4 is 11.9 Å². The number of halogens is 1. The van der Waals surface area contributed by atoms with Crippen LogP contribution < -0.4 is 0 Å². The molecule has 0 radical (unpaired) electrons. The standard InChI is InChI=1S/C17H15FO4/c1-3-22-17(21)13-6-4-5-12(16(19)20)15(13)11-8-7-10(2)9-14(11)18/h4-9H,3H2,1-2H3,(H,19,20). The van der Waals surface area contributed by atoms with E-state index in [1.54, 1.807) is 19.9 Å². The summed E-state index contributed by atoms with van der Waals surface area (Å²) in [4.78, 5) is 23.5. The largest absolute Gasteiger partial charge is 0.478 e. The molecule has 1 N–H and O–H groups in total. The van der Waals surface area contributed by atoms with Crippen molar-refractivity contribution in [2.75, 3.05) is 6.61 Å². The average molecular weight is 302 g/mol. The van der Waals surface area contributed by atoms with Gasteiger partial charge < -0.3 is 9.84 Å². The first kappa shape index (κ1) is 15.7. The van der Waals surface area contributed by atoms with Crippen LogP contribution in [-0.2, 0) is 4.74 Å². The van der Waals surface area contributed by atoms with Crippen molar-refractivity contribution in [2.24, 2.45) is 0 Å². The van der Waals surface area contributed by atoms with E-state index in [1.807, 2.05) is 0 Å². The molecule has 5 heteroatoms. The maximum Gasteiger partial charge on any atom is 0.338 e. The van der Waals surface area contributed by atoms with E-state index in [2.05, 4.69) is 0 Å². The molecule has 22 heavy (non-hydrogen) atoms. The second kappa shape index (κ2) is 6.39. The van der Waals surface area contributed by atoms with Crippen LogP contribution in [0.3, 0.4) is 0 Å². The second-order valence-corrected chi connectivity index (χ2v) is 4.74. The summed E-state index contributed by atoms with van der Waals surface area (Å²) >= 11 is 0. The summed E-state index contributed by atoms with van der Waals surface area (Å²) in [7, 11) is 0. The normalized spacial score (nSPS) is 10.3. The number of hydrogen-bond donors (Lipinski definition) is 1. The Morgan fingerprint density at radius 1 is 1.18 bits per heavy atom.